The molecule has 314 valence electrons. The van der Waals surface area contributed by atoms with Gasteiger partial charge in [0.05, 0.1) is 22.5 Å². The molecule has 0 fully saturated rings. The Balaban J connectivity index is 0.000000231. The third kappa shape index (κ3) is 13.8. The van der Waals surface area contributed by atoms with Crippen molar-refractivity contribution >= 4 is 11.6 Å². The second-order valence-corrected chi connectivity index (χ2v) is 16.1. The summed E-state index contributed by atoms with van der Waals surface area (Å²) in [5, 5.41) is 0.574. The highest BCUT2D eigenvalue weighted by Gasteiger charge is 2.25. The monoisotopic (exact) mass is 838 g/mol. The third-order valence-corrected chi connectivity index (χ3v) is 11.4. The molecule has 0 radical (unpaired) electrons. The fourth-order valence-electron chi connectivity index (χ4n) is 7.47. The number of hydrogen-bond acceptors (Lipinski definition) is 2. The van der Waals surface area contributed by atoms with Crippen molar-refractivity contribution in [2.24, 2.45) is 0 Å². The van der Waals surface area contributed by atoms with Crippen LogP contribution < -0.4 is 9.47 Å². The molecule has 0 aromatic heterocycles. The molecule has 2 unspecified atom stereocenters. The molecule has 0 aliphatic rings. The van der Waals surface area contributed by atoms with Gasteiger partial charge in [0.25, 0.3) is 0 Å². The highest BCUT2D eigenvalue weighted by molar-refractivity contribution is 6.32. The van der Waals surface area contributed by atoms with Gasteiger partial charge in [0.1, 0.15) is 17.3 Å². The highest BCUT2D eigenvalue weighted by atomic mass is 35.5. The van der Waals surface area contributed by atoms with Crippen LogP contribution in [0.3, 0.4) is 0 Å². The maximum atomic E-state index is 14.3. The van der Waals surface area contributed by atoms with Crippen molar-refractivity contribution in [2.75, 3.05) is 6.61 Å². The first-order chi connectivity index (χ1) is 29.4. The minimum atomic E-state index is -2.83. The molecule has 0 amide bonds. The number of alkyl halides is 2. The van der Waals surface area contributed by atoms with E-state index in [-0.39, 0.29) is 11.6 Å². The van der Waals surface area contributed by atoms with Crippen molar-refractivity contribution in [3.8, 4) is 36.2 Å². The van der Waals surface area contributed by atoms with Crippen LogP contribution in [0.1, 0.15) is 91.0 Å². The summed E-state index contributed by atoms with van der Waals surface area (Å²) in [6.45, 7) is 3.74. The van der Waals surface area contributed by atoms with Crippen molar-refractivity contribution in [3.05, 3.63) is 201 Å². The number of aryl methyl sites for hydroxylation is 2. The van der Waals surface area contributed by atoms with Crippen LogP contribution >= 0.6 is 11.6 Å². The summed E-state index contributed by atoms with van der Waals surface area (Å²) in [5.74, 6) is 6.50. The van der Waals surface area contributed by atoms with Crippen LogP contribution in [0.2, 0.25) is 5.02 Å². The second kappa shape index (κ2) is 22.6. The molecule has 0 heterocycles. The highest BCUT2D eigenvalue weighted by Crippen LogP contribution is 2.35. The van der Waals surface area contributed by atoms with Gasteiger partial charge in [-0.05, 0) is 141 Å². The lowest BCUT2D eigenvalue weighted by Crippen LogP contribution is -2.20. The second-order valence-electron chi connectivity index (χ2n) is 15.7. The van der Waals surface area contributed by atoms with Crippen LogP contribution in [0, 0.1) is 30.5 Å². The predicted molar refractivity (Wildman–Crippen MR) is 245 cm³/mol. The summed E-state index contributed by atoms with van der Waals surface area (Å²) >= 11 is 6.37. The number of hydrogen-bond donors (Lipinski definition) is 0. The number of ether oxygens (including phenoxy) is 2. The Hall–Kier alpha value is -5.88. The van der Waals surface area contributed by atoms with E-state index in [9.17, 15) is 13.2 Å². The van der Waals surface area contributed by atoms with Crippen molar-refractivity contribution in [1.29, 1.82) is 0 Å². The van der Waals surface area contributed by atoms with Gasteiger partial charge in [-0.3, -0.25) is 0 Å². The van der Waals surface area contributed by atoms with Crippen molar-refractivity contribution in [3.63, 3.8) is 0 Å². The molecule has 6 aromatic carbocycles. The molecule has 6 rings (SSSR count). The van der Waals surface area contributed by atoms with Crippen molar-refractivity contribution in [1.82, 2.24) is 0 Å². The molecule has 0 bridgehead atoms. The van der Waals surface area contributed by atoms with Gasteiger partial charge in [0.2, 0.25) is 0 Å². The zero-order chi connectivity index (χ0) is 43.7. The zero-order valence-corrected chi connectivity index (χ0v) is 36.0. The molecule has 0 aliphatic carbocycles. The van der Waals surface area contributed by atoms with Crippen molar-refractivity contribution < 1.29 is 22.6 Å². The van der Waals surface area contributed by atoms with E-state index in [4.69, 9.17) is 29.2 Å². The lowest BCUT2D eigenvalue weighted by atomic mass is 9.78. The van der Waals surface area contributed by atoms with Crippen LogP contribution in [0.4, 0.5) is 13.2 Å². The maximum absolute atomic E-state index is 14.3. The minimum absolute atomic E-state index is 0.142. The first-order valence-corrected chi connectivity index (χ1v) is 21.2. The van der Waals surface area contributed by atoms with Gasteiger partial charge in [-0.2, -0.15) is 8.78 Å². The van der Waals surface area contributed by atoms with Gasteiger partial charge >= 0.3 is 6.61 Å². The number of rotatable bonds is 18. The fourth-order valence-corrected chi connectivity index (χ4v) is 7.71. The van der Waals surface area contributed by atoms with Crippen LogP contribution in [0.15, 0.2) is 146 Å². The lowest BCUT2D eigenvalue weighted by Gasteiger charge is -2.25. The molecule has 0 saturated carbocycles. The Morgan fingerprint density at radius 2 is 1.15 bits per heavy atom. The Morgan fingerprint density at radius 1 is 0.607 bits per heavy atom. The number of terminal acetylenes is 2. The zero-order valence-electron chi connectivity index (χ0n) is 35.3. The van der Waals surface area contributed by atoms with E-state index in [0.29, 0.717) is 23.8 Å². The molecule has 2 nitrogen and oxygen atoms in total. The quantitative estimate of drug-likeness (QED) is 0.0803. The molecule has 0 spiro atoms. The standard InChI is InChI=1S/C28H28ClFO.C27H26F2O/c1-4-28(3,24-14-16-27(31-5-2)25(29)20-24)17-9-12-22-13-15-26(30)23(19-22)18-21-10-7-6-8-11-21;1-3-27(2,24-14-16-25(17-15-24)30-26(28)29)18-8-13-22-11-7-12-23(20-22)19-21-9-5-4-6-10-21/h1,6-8,10-11,13-16,19-20H,5,9,12,17-18H2,2-3H3;1,4-7,9-12,14-17,20,26H,8,13,18-19H2,2H3. The summed E-state index contributed by atoms with van der Waals surface area (Å²) < 4.78 is 49.0. The fraction of sp³-hybridized carbons (Fsp3) is 0.273. The minimum Gasteiger partial charge on any atom is -0.492 e. The summed E-state index contributed by atoms with van der Waals surface area (Å²) in [7, 11) is 0. The lowest BCUT2D eigenvalue weighted by molar-refractivity contribution is -0.0498. The molecule has 2 atom stereocenters. The maximum Gasteiger partial charge on any atom is 0.387 e. The van der Waals surface area contributed by atoms with E-state index < -0.39 is 17.4 Å². The normalized spacial score (nSPS) is 12.8. The molecule has 0 saturated heterocycles. The first-order valence-electron chi connectivity index (χ1n) is 20.8. The number of halogens is 4. The Bertz CT molecular complexity index is 2370. The molecular formula is C55H54ClF3O2. The predicted octanol–water partition coefficient (Wildman–Crippen LogP) is 14.2. The Labute approximate surface area is 366 Å². The summed E-state index contributed by atoms with van der Waals surface area (Å²) in [6, 6.07) is 46.9. The molecule has 0 aliphatic heterocycles. The largest absolute Gasteiger partial charge is 0.492 e. The van der Waals surface area contributed by atoms with E-state index in [1.54, 1.807) is 30.3 Å². The van der Waals surface area contributed by atoms with Gasteiger partial charge in [0.15, 0.2) is 0 Å². The van der Waals surface area contributed by atoms with Gasteiger partial charge in [-0.1, -0.05) is 139 Å². The van der Waals surface area contributed by atoms with Gasteiger partial charge in [0, 0.05) is 6.42 Å². The molecule has 61 heavy (non-hydrogen) atoms. The number of benzene rings is 6. The van der Waals surface area contributed by atoms with E-state index in [1.807, 2.05) is 80.6 Å². The molecule has 0 N–H and O–H groups in total. The van der Waals surface area contributed by atoms with Gasteiger partial charge < -0.3 is 9.47 Å². The van der Waals surface area contributed by atoms with E-state index >= 15 is 0 Å². The van der Waals surface area contributed by atoms with Gasteiger partial charge in [-0.15, -0.1) is 12.8 Å². The van der Waals surface area contributed by atoms with E-state index in [1.165, 1.54) is 16.7 Å². The van der Waals surface area contributed by atoms with Crippen molar-refractivity contribution in [2.45, 2.75) is 89.6 Å². The Morgan fingerprint density at radius 3 is 1.72 bits per heavy atom. The van der Waals surface area contributed by atoms with E-state index in [0.717, 1.165) is 72.8 Å². The smallest absolute Gasteiger partial charge is 0.387 e. The Kier molecular flexibility index (Phi) is 17.1. The van der Waals surface area contributed by atoms with Gasteiger partial charge in [-0.25, -0.2) is 4.39 Å². The average Bonchev–Trinajstić information content (AvgIpc) is 3.26. The topological polar surface area (TPSA) is 18.5 Å². The third-order valence-electron chi connectivity index (χ3n) is 11.1. The molecular weight excluding hydrogens is 785 g/mol. The average molecular weight is 839 g/mol. The SMILES string of the molecule is C#CC(C)(CCCc1ccc(F)c(Cc2ccccc2)c1)c1ccc(OCC)c(Cl)c1.C#CC(C)(CCCc1cccc(Cc2ccccc2)c1)c1ccc(OC(F)F)cc1. The van der Waals surface area contributed by atoms with Crippen LogP contribution in [0.25, 0.3) is 0 Å². The first kappa shape index (κ1) is 46.2. The van der Waals surface area contributed by atoms with E-state index in [2.05, 4.69) is 72.0 Å². The molecule has 6 aromatic rings. The summed E-state index contributed by atoms with van der Waals surface area (Å²) in [4.78, 5) is 0. The van der Waals surface area contributed by atoms with Crippen LogP contribution in [-0.2, 0) is 36.5 Å². The van der Waals surface area contributed by atoms with Crippen LogP contribution in [-0.4, -0.2) is 13.2 Å². The summed E-state index contributed by atoms with van der Waals surface area (Å²) in [5.41, 5.74) is 7.90. The van der Waals surface area contributed by atoms with Crippen LogP contribution in [0.5, 0.6) is 11.5 Å². The molecule has 6 heteroatoms. The summed E-state index contributed by atoms with van der Waals surface area (Å²) in [6.07, 6.45) is 18.5.